The van der Waals surface area contributed by atoms with Crippen molar-refractivity contribution in [2.45, 2.75) is 51.4 Å². The molecule has 0 spiro atoms. The van der Waals surface area contributed by atoms with Crippen LogP contribution in [0, 0.1) is 0 Å². The quantitative estimate of drug-likeness (QED) is 0.855. The van der Waals surface area contributed by atoms with Crippen molar-refractivity contribution in [2.75, 3.05) is 6.61 Å². The Morgan fingerprint density at radius 3 is 2.50 bits per heavy atom. The summed E-state index contributed by atoms with van der Waals surface area (Å²) in [5, 5.41) is 0.0787. The summed E-state index contributed by atoms with van der Waals surface area (Å²) in [5.74, 6) is 0.767. The zero-order valence-electron chi connectivity index (χ0n) is 13.8. The minimum absolute atomic E-state index is 0.0787. The van der Waals surface area contributed by atoms with Gasteiger partial charge in [0.1, 0.15) is 5.75 Å². The second kappa shape index (κ2) is 5.96. The fourth-order valence-electron chi connectivity index (χ4n) is 2.05. The molecule has 7 heteroatoms. The van der Waals surface area contributed by atoms with Gasteiger partial charge in [0.15, 0.2) is 0 Å². The molecule has 124 valence electrons. The normalized spacial score (nSPS) is 22.3. The van der Waals surface area contributed by atoms with Gasteiger partial charge in [0.2, 0.25) is 8.32 Å². The Bertz CT molecular complexity index is 637. The van der Waals surface area contributed by atoms with E-state index in [1.165, 1.54) is 0 Å². The minimum atomic E-state index is -3.66. The molecule has 1 heterocycles. The smallest absolute Gasteiger partial charge is 0.336 e. The first-order chi connectivity index (χ1) is 10.0. The molecule has 2 rings (SSSR count). The van der Waals surface area contributed by atoms with E-state index in [4.69, 9.17) is 8.61 Å². The summed E-state index contributed by atoms with van der Waals surface area (Å²) in [5.41, 5.74) is 0.874. The van der Waals surface area contributed by atoms with Crippen LogP contribution in [0.15, 0.2) is 24.3 Å². The molecule has 5 nitrogen and oxygen atoms in total. The highest BCUT2D eigenvalue weighted by Gasteiger charge is 2.40. The third kappa shape index (κ3) is 3.89. The van der Waals surface area contributed by atoms with Crippen molar-refractivity contribution in [3.8, 4) is 5.75 Å². The number of benzene rings is 1. The standard InChI is InChI=1S/C15H25NO4SSi/c1-15(2,3)22(4,5)20-14-9-7-6-8-12(14)13-10-11-19-21(17,18)16-13/h6-9,13,16H,10-11H2,1-5H3/t13-/m0/s1. The SMILES string of the molecule is CC(C)(C)[Si](C)(C)Oc1ccccc1[C@@H]1CCOS(=O)(=O)N1. The van der Waals surface area contributed by atoms with Gasteiger partial charge in [-0.15, -0.1) is 0 Å². The third-order valence-corrected chi connectivity index (χ3v) is 9.79. The number of nitrogens with one attached hydrogen (secondary N) is 1. The average molecular weight is 344 g/mol. The Hall–Kier alpha value is -0.893. The third-order valence-electron chi connectivity index (χ3n) is 4.40. The second-order valence-corrected chi connectivity index (χ2v) is 13.2. The van der Waals surface area contributed by atoms with Crippen molar-refractivity contribution in [3.05, 3.63) is 29.8 Å². The van der Waals surface area contributed by atoms with Crippen molar-refractivity contribution in [1.82, 2.24) is 4.72 Å². The van der Waals surface area contributed by atoms with Crippen molar-refractivity contribution >= 4 is 18.6 Å². The molecule has 1 atom stereocenters. The molecule has 0 radical (unpaired) electrons. The first-order valence-corrected chi connectivity index (χ1v) is 11.8. The van der Waals surface area contributed by atoms with Crippen molar-refractivity contribution in [2.24, 2.45) is 0 Å². The summed E-state index contributed by atoms with van der Waals surface area (Å²) >= 11 is 0. The van der Waals surface area contributed by atoms with E-state index in [9.17, 15) is 8.42 Å². The molecule has 0 aromatic heterocycles. The first kappa shape index (κ1) is 17.5. The van der Waals surface area contributed by atoms with Gasteiger partial charge in [-0.05, 0) is 30.6 Å². The molecular weight excluding hydrogens is 318 g/mol. The van der Waals surface area contributed by atoms with Crippen LogP contribution in [0.4, 0.5) is 0 Å². The molecule has 22 heavy (non-hydrogen) atoms. The van der Waals surface area contributed by atoms with Gasteiger partial charge in [-0.1, -0.05) is 39.0 Å². The van der Waals surface area contributed by atoms with Gasteiger partial charge in [-0.25, -0.2) is 0 Å². The molecule has 0 amide bonds. The van der Waals surface area contributed by atoms with Gasteiger partial charge in [-0.2, -0.15) is 13.1 Å². The van der Waals surface area contributed by atoms with Crippen LogP contribution >= 0.6 is 0 Å². The summed E-state index contributed by atoms with van der Waals surface area (Å²) in [4.78, 5) is 0. The fourth-order valence-corrected chi connectivity index (χ4v) is 4.07. The number of rotatable bonds is 3. The number of hydrogen-bond donors (Lipinski definition) is 1. The highest BCUT2D eigenvalue weighted by molar-refractivity contribution is 7.84. The molecule has 0 bridgehead atoms. The molecular formula is C15H25NO4SSi. The molecule has 1 saturated heterocycles. The number of hydrogen-bond acceptors (Lipinski definition) is 4. The second-order valence-electron chi connectivity index (χ2n) is 7.14. The highest BCUT2D eigenvalue weighted by Crippen LogP contribution is 2.39. The van der Waals surface area contributed by atoms with Crippen LogP contribution in [0.2, 0.25) is 18.1 Å². The summed E-state index contributed by atoms with van der Waals surface area (Å²) in [6.45, 7) is 11.1. The molecule has 1 N–H and O–H groups in total. The Morgan fingerprint density at radius 1 is 1.27 bits per heavy atom. The summed E-state index contributed by atoms with van der Waals surface area (Å²) in [6.07, 6.45) is 0.594. The van der Waals surface area contributed by atoms with Gasteiger partial charge in [0, 0.05) is 5.56 Å². The lowest BCUT2D eigenvalue weighted by atomic mass is 10.0. The predicted octanol–water partition coefficient (Wildman–Crippen LogP) is 3.37. The van der Waals surface area contributed by atoms with Crippen LogP contribution < -0.4 is 9.15 Å². The van der Waals surface area contributed by atoms with E-state index in [0.29, 0.717) is 6.42 Å². The predicted molar refractivity (Wildman–Crippen MR) is 89.6 cm³/mol. The van der Waals surface area contributed by atoms with Crippen molar-refractivity contribution < 1.29 is 17.0 Å². The monoisotopic (exact) mass is 343 g/mol. The van der Waals surface area contributed by atoms with E-state index in [2.05, 4.69) is 38.6 Å². The molecule has 1 aliphatic heterocycles. The van der Waals surface area contributed by atoms with Gasteiger partial charge in [0.25, 0.3) is 0 Å². The maximum absolute atomic E-state index is 11.6. The maximum atomic E-state index is 11.6. The van der Waals surface area contributed by atoms with E-state index in [0.717, 1.165) is 11.3 Å². The lowest BCUT2D eigenvalue weighted by Crippen LogP contribution is -2.44. The van der Waals surface area contributed by atoms with Crippen LogP contribution in [0.3, 0.4) is 0 Å². The van der Waals surface area contributed by atoms with Crippen molar-refractivity contribution in [1.29, 1.82) is 0 Å². The van der Waals surface area contributed by atoms with Crippen molar-refractivity contribution in [3.63, 3.8) is 0 Å². The van der Waals surface area contributed by atoms with Gasteiger partial charge in [0.05, 0.1) is 12.6 Å². The number of para-hydroxylation sites is 1. The van der Waals surface area contributed by atoms with Gasteiger partial charge >= 0.3 is 10.3 Å². The Kier molecular flexibility index (Phi) is 4.73. The zero-order chi connectivity index (χ0) is 16.6. The van der Waals surface area contributed by atoms with Crippen LogP contribution in [0.25, 0.3) is 0 Å². The maximum Gasteiger partial charge on any atom is 0.336 e. The van der Waals surface area contributed by atoms with Crippen LogP contribution in [-0.2, 0) is 14.5 Å². The first-order valence-electron chi connectivity index (χ1n) is 7.46. The molecule has 1 fully saturated rings. The van der Waals surface area contributed by atoms with Gasteiger partial charge in [-0.3, -0.25) is 4.18 Å². The Labute approximate surface area is 134 Å². The van der Waals surface area contributed by atoms with E-state index >= 15 is 0 Å². The van der Waals surface area contributed by atoms with Crippen LogP contribution in [0.5, 0.6) is 5.75 Å². The lowest BCUT2D eigenvalue weighted by Gasteiger charge is -2.37. The van der Waals surface area contributed by atoms with E-state index < -0.39 is 18.6 Å². The highest BCUT2D eigenvalue weighted by atomic mass is 32.2. The zero-order valence-corrected chi connectivity index (χ0v) is 15.7. The average Bonchev–Trinajstić information content (AvgIpc) is 2.36. The van der Waals surface area contributed by atoms with Crippen LogP contribution in [0.1, 0.15) is 38.8 Å². The van der Waals surface area contributed by atoms with E-state index in [-0.39, 0.29) is 17.7 Å². The molecule has 0 aliphatic carbocycles. The molecule has 0 saturated carbocycles. The Morgan fingerprint density at radius 2 is 1.91 bits per heavy atom. The molecule has 1 aromatic rings. The van der Waals surface area contributed by atoms with Gasteiger partial charge < -0.3 is 4.43 Å². The largest absolute Gasteiger partial charge is 0.543 e. The van der Waals surface area contributed by atoms with E-state index in [1.807, 2.05) is 24.3 Å². The Balaban J connectivity index is 2.32. The topological polar surface area (TPSA) is 64.6 Å². The summed E-state index contributed by atoms with van der Waals surface area (Å²) in [6, 6.07) is 7.34. The van der Waals surface area contributed by atoms with E-state index in [1.54, 1.807) is 0 Å². The van der Waals surface area contributed by atoms with Crippen LogP contribution in [-0.4, -0.2) is 23.3 Å². The minimum Gasteiger partial charge on any atom is -0.543 e. The summed E-state index contributed by atoms with van der Waals surface area (Å²) < 4.78 is 36.9. The lowest BCUT2D eigenvalue weighted by molar-refractivity contribution is 0.256. The fraction of sp³-hybridized carbons (Fsp3) is 0.600. The summed E-state index contributed by atoms with van der Waals surface area (Å²) in [7, 11) is -5.65. The molecule has 1 aromatic carbocycles. The molecule has 0 unspecified atom stereocenters. The molecule has 1 aliphatic rings.